The van der Waals surface area contributed by atoms with Gasteiger partial charge in [-0.25, -0.2) is 0 Å². The second-order valence-electron chi connectivity index (χ2n) is 9.37. The molecule has 4 fully saturated rings. The molecule has 4 aliphatic carbocycles. The van der Waals surface area contributed by atoms with Crippen molar-refractivity contribution in [2.75, 3.05) is 13.9 Å². The molecule has 1 N–H and O–H groups in total. The Morgan fingerprint density at radius 3 is 3.00 bits per heavy atom. The molecule has 1 heterocycles. The van der Waals surface area contributed by atoms with Crippen molar-refractivity contribution in [3.63, 3.8) is 0 Å². The molecule has 4 bridgehead atoms. The van der Waals surface area contributed by atoms with Crippen LogP contribution in [0.3, 0.4) is 0 Å². The summed E-state index contributed by atoms with van der Waals surface area (Å²) < 4.78 is 16.5. The molecule has 27 heavy (non-hydrogen) atoms. The van der Waals surface area contributed by atoms with Crippen molar-refractivity contribution in [3.8, 4) is 0 Å². The van der Waals surface area contributed by atoms with Gasteiger partial charge in [-0.05, 0) is 43.6 Å². The summed E-state index contributed by atoms with van der Waals surface area (Å²) in [6.07, 6.45) is 6.94. The molecule has 5 rings (SSSR count). The van der Waals surface area contributed by atoms with Crippen molar-refractivity contribution >= 4 is 11.9 Å². The van der Waals surface area contributed by atoms with Gasteiger partial charge in [0.15, 0.2) is 6.79 Å². The Hall–Kier alpha value is -1.66. The number of carbonyl (C=O) groups is 2. The number of fused-ring (bicyclic) bond motifs is 1. The van der Waals surface area contributed by atoms with Crippen molar-refractivity contribution in [2.24, 2.45) is 28.6 Å². The minimum absolute atomic E-state index is 0.0188. The van der Waals surface area contributed by atoms with Crippen LogP contribution in [0.5, 0.6) is 0 Å². The van der Waals surface area contributed by atoms with Crippen molar-refractivity contribution in [3.05, 3.63) is 24.3 Å². The fraction of sp³-hybridized carbons (Fsp3) is 0.714. The van der Waals surface area contributed by atoms with Crippen LogP contribution in [0.1, 0.15) is 39.0 Å². The van der Waals surface area contributed by atoms with Gasteiger partial charge in [0.1, 0.15) is 5.60 Å². The second-order valence-corrected chi connectivity index (χ2v) is 9.37. The van der Waals surface area contributed by atoms with Crippen molar-refractivity contribution in [1.29, 1.82) is 0 Å². The third kappa shape index (κ3) is 1.79. The van der Waals surface area contributed by atoms with E-state index in [1.807, 2.05) is 19.1 Å². The van der Waals surface area contributed by atoms with Crippen molar-refractivity contribution in [2.45, 2.75) is 50.2 Å². The maximum Gasteiger partial charge on any atom is 0.316 e. The van der Waals surface area contributed by atoms with Crippen LogP contribution in [-0.4, -0.2) is 42.1 Å². The minimum Gasteiger partial charge on any atom is -0.457 e. The van der Waals surface area contributed by atoms with E-state index in [1.54, 1.807) is 0 Å². The lowest BCUT2D eigenvalue weighted by molar-refractivity contribution is -0.169. The second kappa shape index (κ2) is 5.03. The molecule has 0 aromatic heterocycles. The average molecular weight is 374 g/mol. The van der Waals surface area contributed by atoms with Gasteiger partial charge in [0.25, 0.3) is 0 Å². The van der Waals surface area contributed by atoms with Gasteiger partial charge >= 0.3 is 11.9 Å². The SMILES string of the molecule is C=C1C[C@]23C[C@@]1(O)CC[C@H]2[C@@]12CC=C[C@@](C)(C(=O)O1)[C@H]2[C@@H]3C(=O)OCOC. The van der Waals surface area contributed by atoms with Crippen LogP contribution in [-0.2, 0) is 23.8 Å². The number of rotatable bonds is 3. The van der Waals surface area contributed by atoms with Crippen molar-refractivity contribution in [1.82, 2.24) is 0 Å². The standard InChI is InChI=1S/C21H26O6/c1-12-9-19-10-20(12,24)8-5-13(19)21-7-4-6-18(2,17(23)27-21)15(21)14(19)16(22)26-11-25-3/h4,6,13-15,24H,1,5,7-11H2,2-3H3/t13-,14-,15-,18-,19+,20+,21-/m1/s1. The zero-order chi connectivity index (χ0) is 19.2. The minimum atomic E-state index is -0.933. The number of ether oxygens (including phenoxy) is 3. The van der Waals surface area contributed by atoms with Gasteiger partial charge in [-0.1, -0.05) is 18.7 Å². The lowest BCUT2D eigenvalue weighted by Gasteiger charge is -2.45. The lowest BCUT2D eigenvalue weighted by atomic mass is 9.62. The molecule has 0 amide bonds. The van der Waals surface area contributed by atoms with E-state index in [0.29, 0.717) is 25.7 Å². The fourth-order valence-electron chi connectivity index (χ4n) is 7.42. The maximum absolute atomic E-state index is 13.3. The van der Waals surface area contributed by atoms with Gasteiger partial charge in [0.2, 0.25) is 0 Å². The van der Waals surface area contributed by atoms with E-state index in [2.05, 4.69) is 6.58 Å². The van der Waals surface area contributed by atoms with Crippen LogP contribution in [0.15, 0.2) is 24.3 Å². The molecule has 5 aliphatic rings. The molecule has 0 unspecified atom stereocenters. The Bertz CT molecular complexity index is 788. The summed E-state index contributed by atoms with van der Waals surface area (Å²) in [5.41, 5.74) is -2.15. The van der Waals surface area contributed by atoms with Crippen LogP contribution in [0.2, 0.25) is 0 Å². The molecule has 0 aromatic rings. The number of methoxy groups -OCH3 is 1. The molecular weight excluding hydrogens is 348 g/mol. The van der Waals surface area contributed by atoms with Gasteiger partial charge in [0, 0.05) is 25.4 Å². The summed E-state index contributed by atoms with van der Waals surface area (Å²) in [7, 11) is 1.47. The number of hydrogen-bond acceptors (Lipinski definition) is 6. The molecule has 0 aromatic carbocycles. The Kier molecular flexibility index (Phi) is 3.25. The molecule has 1 aliphatic heterocycles. The zero-order valence-electron chi connectivity index (χ0n) is 15.8. The van der Waals surface area contributed by atoms with Gasteiger partial charge in [-0.2, -0.15) is 0 Å². The molecule has 6 heteroatoms. The zero-order valence-corrected chi connectivity index (χ0v) is 15.8. The maximum atomic E-state index is 13.3. The summed E-state index contributed by atoms with van der Waals surface area (Å²) in [5, 5.41) is 11.1. The summed E-state index contributed by atoms with van der Waals surface area (Å²) in [6, 6.07) is 0. The largest absolute Gasteiger partial charge is 0.457 e. The Morgan fingerprint density at radius 1 is 1.48 bits per heavy atom. The highest BCUT2D eigenvalue weighted by Gasteiger charge is 2.82. The smallest absolute Gasteiger partial charge is 0.316 e. The van der Waals surface area contributed by atoms with E-state index in [9.17, 15) is 14.7 Å². The molecular formula is C21H26O6. The first-order valence-corrected chi connectivity index (χ1v) is 9.71. The predicted octanol–water partition coefficient (Wildman–Crippen LogP) is 2.12. The molecule has 6 nitrogen and oxygen atoms in total. The fourth-order valence-corrected chi connectivity index (χ4v) is 7.42. The first-order chi connectivity index (χ1) is 12.7. The van der Waals surface area contributed by atoms with Crippen molar-refractivity contribution < 1.29 is 28.9 Å². The molecule has 7 atom stereocenters. The number of aliphatic hydroxyl groups is 1. The normalized spacial score (nSPS) is 51.7. The average Bonchev–Trinajstić information content (AvgIpc) is 3.01. The number of esters is 2. The highest BCUT2D eigenvalue weighted by molar-refractivity contribution is 5.87. The summed E-state index contributed by atoms with van der Waals surface area (Å²) >= 11 is 0. The van der Waals surface area contributed by atoms with Gasteiger partial charge < -0.3 is 19.3 Å². The Morgan fingerprint density at radius 2 is 2.26 bits per heavy atom. The van der Waals surface area contributed by atoms with Crippen LogP contribution < -0.4 is 0 Å². The predicted molar refractivity (Wildman–Crippen MR) is 94.1 cm³/mol. The van der Waals surface area contributed by atoms with E-state index >= 15 is 0 Å². The summed E-state index contributed by atoms with van der Waals surface area (Å²) in [4.78, 5) is 26.1. The third-order valence-corrected chi connectivity index (χ3v) is 8.27. The quantitative estimate of drug-likeness (QED) is 0.463. The van der Waals surface area contributed by atoms with E-state index < -0.39 is 27.9 Å². The third-order valence-electron chi connectivity index (χ3n) is 8.27. The summed E-state index contributed by atoms with van der Waals surface area (Å²) in [6.45, 7) is 5.89. The van der Waals surface area contributed by atoms with E-state index in [-0.39, 0.29) is 30.6 Å². The molecule has 1 saturated heterocycles. The number of carbonyl (C=O) groups excluding carboxylic acids is 2. The Balaban J connectivity index is 1.69. The van der Waals surface area contributed by atoms with Crippen LogP contribution in [0, 0.1) is 28.6 Å². The molecule has 0 radical (unpaired) electrons. The highest BCUT2D eigenvalue weighted by Crippen LogP contribution is 2.77. The van der Waals surface area contributed by atoms with Gasteiger partial charge in [-0.3, -0.25) is 9.59 Å². The first-order valence-electron chi connectivity index (χ1n) is 9.71. The molecule has 146 valence electrons. The van der Waals surface area contributed by atoms with E-state index in [1.165, 1.54) is 7.11 Å². The molecule has 1 spiro atoms. The molecule has 3 saturated carbocycles. The van der Waals surface area contributed by atoms with Crippen LogP contribution in [0.25, 0.3) is 0 Å². The highest BCUT2D eigenvalue weighted by atomic mass is 16.7. The number of hydrogen-bond donors (Lipinski definition) is 1. The van der Waals surface area contributed by atoms with E-state index in [4.69, 9.17) is 14.2 Å². The van der Waals surface area contributed by atoms with Crippen LogP contribution >= 0.6 is 0 Å². The van der Waals surface area contributed by atoms with Gasteiger partial charge in [-0.15, -0.1) is 0 Å². The topological polar surface area (TPSA) is 82.1 Å². The van der Waals surface area contributed by atoms with Crippen LogP contribution in [0.4, 0.5) is 0 Å². The lowest BCUT2D eigenvalue weighted by Crippen LogP contribution is -2.47. The Labute approximate surface area is 158 Å². The van der Waals surface area contributed by atoms with Gasteiger partial charge in [0.05, 0.1) is 16.9 Å². The monoisotopic (exact) mass is 374 g/mol. The van der Waals surface area contributed by atoms with E-state index in [0.717, 1.165) is 12.0 Å². The summed E-state index contributed by atoms with van der Waals surface area (Å²) in [5.74, 6) is -1.40. The first kappa shape index (κ1) is 17.4.